The van der Waals surface area contributed by atoms with Crippen molar-refractivity contribution in [3.05, 3.63) is 64.9 Å². The highest BCUT2D eigenvalue weighted by molar-refractivity contribution is 6.31. The number of halogens is 1. The molecule has 0 radical (unpaired) electrons. The topological polar surface area (TPSA) is 87.1 Å². The highest BCUT2D eigenvalue weighted by Gasteiger charge is 2.06. The number of rotatable bonds is 4. The van der Waals surface area contributed by atoms with E-state index in [1.54, 1.807) is 35.8 Å². The largest absolute Gasteiger partial charge is 0.365 e. The van der Waals surface area contributed by atoms with Gasteiger partial charge in [0.05, 0.1) is 5.52 Å². The molecule has 0 fully saturated rings. The molecular weight excluding hydrogens is 316 g/mol. The van der Waals surface area contributed by atoms with E-state index >= 15 is 0 Å². The first-order chi connectivity index (χ1) is 11.2. The Labute approximate surface area is 137 Å². The van der Waals surface area contributed by atoms with Crippen molar-refractivity contribution in [3.8, 4) is 0 Å². The average molecular weight is 329 g/mol. The van der Waals surface area contributed by atoms with Gasteiger partial charge in [0.25, 0.3) is 5.91 Å². The van der Waals surface area contributed by atoms with Gasteiger partial charge in [-0.3, -0.25) is 10.0 Å². The van der Waals surface area contributed by atoms with Crippen LogP contribution in [0.1, 0.15) is 15.9 Å². The van der Waals surface area contributed by atoms with Crippen LogP contribution in [0.25, 0.3) is 10.9 Å². The van der Waals surface area contributed by atoms with Crippen molar-refractivity contribution >= 4 is 34.2 Å². The van der Waals surface area contributed by atoms with Gasteiger partial charge in [-0.15, -0.1) is 0 Å². The zero-order chi connectivity index (χ0) is 16.2. The van der Waals surface area contributed by atoms with Crippen LogP contribution in [0.3, 0.4) is 0 Å². The van der Waals surface area contributed by atoms with Gasteiger partial charge in [0.2, 0.25) is 0 Å². The molecule has 3 rings (SSSR count). The monoisotopic (exact) mass is 328 g/mol. The molecule has 0 bridgehead atoms. The molecule has 0 unspecified atom stereocenters. The molecule has 6 nitrogen and oxygen atoms in total. The van der Waals surface area contributed by atoms with Gasteiger partial charge in [-0.05, 0) is 35.9 Å². The number of hydrogen-bond donors (Lipinski definition) is 3. The fraction of sp³-hybridized carbons (Fsp3) is 0.0625. The molecule has 0 saturated carbocycles. The number of benzene rings is 2. The third kappa shape index (κ3) is 3.39. The second-order valence-corrected chi connectivity index (χ2v) is 5.31. The van der Waals surface area contributed by atoms with E-state index in [1.807, 2.05) is 12.1 Å². The predicted octanol–water partition coefficient (Wildman–Crippen LogP) is 3.01. The van der Waals surface area contributed by atoms with Crippen LogP contribution in [0.5, 0.6) is 0 Å². The second kappa shape index (κ2) is 6.60. The zero-order valence-electron chi connectivity index (χ0n) is 12.0. The number of carbonyl (C=O) groups is 1. The lowest BCUT2D eigenvalue weighted by Gasteiger charge is -2.09. The first kappa shape index (κ1) is 15.2. The van der Waals surface area contributed by atoms with Crippen LogP contribution in [-0.4, -0.2) is 21.1 Å². The second-order valence-electron chi connectivity index (χ2n) is 4.88. The molecule has 0 aliphatic rings. The number of hydrogen-bond acceptors (Lipinski definition) is 5. The van der Waals surface area contributed by atoms with Crippen LogP contribution in [0.2, 0.25) is 5.02 Å². The maximum atomic E-state index is 11.3. The summed E-state index contributed by atoms with van der Waals surface area (Å²) in [5.74, 6) is 0.149. The molecule has 7 heteroatoms. The van der Waals surface area contributed by atoms with E-state index in [2.05, 4.69) is 15.3 Å². The molecule has 116 valence electrons. The van der Waals surface area contributed by atoms with Gasteiger partial charge in [0, 0.05) is 22.5 Å². The summed E-state index contributed by atoms with van der Waals surface area (Å²) < 4.78 is 0. The van der Waals surface area contributed by atoms with Crippen molar-refractivity contribution in [2.75, 3.05) is 5.32 Å². The number of aromatic nitrogens is 2. The fourth-order valence-electron chi connectivity index (χ4n) is 2.19. The van der Waals surface area contributed by atoms with Gasteiger partial charge in [0.1, 0.15) is 12.1 Å². The van der Waals surface area contributed by atoms with Gasteiger partial charge in [0.15, 0.2) is 0 Å². The van der Waals surface area contributed by atoms with E-state index in [0.717, 1.165) is 16.5 Å². The molecule has 0 aliphatic carbocycles. The number of nitrogens with one attached hydrogen (secondary N) is 2. The Hall–Kier alpha value is -2.70. The van der Waals surface area contributed by atoms with E-state index in [-0.39, 0.29) is 0 Å². The summed E-state index contributed by atoms with van der Waals surface area (Å²) in [6.07, 6.45) is 1.49. The molecule has 2 aromatic carbocycles. The van der Waals surface area contributed by atoms with E-state index < -0.39 is 5.91 Å². The maximum Gasteiger partial charge on any atom is 0.274 e. The summed E-state index contributed by atoms with van der Waals surface area (Å²) in [7, 11) is 0. The van der Waals surface area contributed by atoms with Gasteiger partial charge in [-0.1, -0.05) is 23.7 Å². The third-order valence-electron chi connectivity index (χ3n) is 3.38. The van der Waals surface area contributed by atoms with Crippen LogP contribution in [0.4, 0.5) is 5.82 Å². The molecule has 3 N–H and O–H groups in total. The number of carbonyl (C=O) groups excluding carboxylic acids is 1. The predicted molar refractivity (Wildman–Crippen MR) is 87.6 cm³/mol. The number of anilines is 1. The summed E-state index contributed by atoms with van der Waals surface area (Å²) in [6, 6.07) is 12.3. The Balaban J connectivity index is 1.78. The van der Waals surface area contributed by atoms with Crippen LogP contribution >= 0.6 is 11.6 Å². The molecule has 0 spiro atoms. The van der Waals surface area contributed by atoms with E-state index in [0.29, 0.717) is 22.9 Å². The smallest absolute Gasteiger partial charge is 0.274 e. The minimum Gasteiger partial charge on any atom is -0.365 e. The summed E-state index contributed by atoms with van der Waals surface area (Å²) >= 11 is 6.03. The Morgan fingerprint density at radius 3 is 2.65 bits per heavy atom. The Morgan fingerprint density at radius 2 is 1.91 bits per heavy atom. The van der Waals surface area contributed by atoms with Crippen molar-refractivity contribution in [3.63, 3.8) is 0 Å². The molecule has 0 atom stereocenters. The average Bonchev–Trinajstić information content (AvgIpc) is 2.59. The maximum absolute atomic E-state index is 11.3. The van der Waals surface area contributed by atoms with Crippen LogP contribution in [0, 0.1) is 0 Å². The molecule has 1 amide bonds. The van der Waals surface area contributed by atoms with Gasteiger partial charge < -0.3 is 5.32 Å². The first-order valence-corrected chi connectivity index (χ1v) is 7.22. The van der Waals surface area contributed by atoms with Crippen molar-refractivity contribution in [1.82, 2.24) is 15.4 Å². The minimum atomic E-state index is -0.541. The van der Waals surface area contributed by atoms with Gasteiger partial charge >= 0.3 is 0 Å². The Morgan fingerprint density at radius 1 is 1.13 bits per heavy atom. The molecule has 3 aromatic rings. The SMILES string of the molecule is O=C(NO)c1ccc(CNc2ncnc3ccc(Cl)cc23)cc1. The van der Waals surface area contributed by atoms with Gasteiger partial charge in [-0.2, -0.15) is 0 Å². The van der Waals surface area contributed by atoms with Crippen molar-refractivity contribution in [2.24, 2.45) is 0 Å². The normalized spacial score (nSPS) is 10.5. The van der Waals surface area contributed by atoms with Crippen LogP contribution in [-0.2, 0) is 6.54 Å². The van der Waals surface area contributed by atoms with Gasteiger partial charge in [-0.25, -0.2) is 15.4 Å². The molecule has 1 aromatic heterocycles. The number of hydroxylamine groups is 1. The van der Waals surface area contributed by atoms with E-state index in [1.165, 1.54) is 6.33 Å². The lowest BCUT2D eigenvalue weighted by atomic mass is 10.1. The quantitative estimate of drug-likeness (QED) is 0.506. The third-order valence-corrected chi connectivity index (χ3v) is 3.61. The van der Waals surface area contributed by atoms with E-state index in [4.69, 9.17) is 16.8 Å². The number of amides is 1. The number of nitrogens with zero attached hydrogens (tertiary/aromatic N) is 2. The Bertz CT molecular complexity index is 852. The lowest BCUT2D eigenvalue weighted by molar-refractivity contribution is 0.0706. The number of fused-ring (bicyclic) bond motifs is 1. The molecule has 23 heavy (non-hydrogen) atoms. The summed E-state index contributed by atoms with van der Waals surface area (Å²) in [5.41, 5.74) is 3.76. The molecule has 0 aliphatic heterocycles. The van der Waals surface area contributed by atoms with Crippen molar-refractivity contribution in [1.29, 1.82) is 0 Å². The minimum absolute atomic E-state index is 0.385. The van der Waals surface area contributed by atoms with Crippen LogP contribution < -0.4 is 10.8 Å². The first-order valence-electron chi connectivity index (χ1n) is 6.85. The lowest BCUT2D eigenvalue weighted by Crippen LogP contribution is -2.18. The van der Waals surface area contributed by atoms with E-state index in [9.17, 15) is 4.79 Å². The van der Waals surface area contributed by atoms with Crippen molar-refractivity contribution in [2.45, 2.75) is 6.54 Å². The van der Waals surface area contributed by atoms with Crippen molar-refractivity contribution < 1.29 is 10.0 Å². The standard InChI is InChI=1S/C16H13ClN4O2/c17-12-5-6-14-13(7-12)15(20-9-19-14)18-8-10-1-3-11(4-2-10)16(22)21-23/h1-7,9,23H,8H2,(H,21,22)(H,18,19,20). The summed E-state index contributed by atoms with van der Waals surface area (Å²) in [4.78, 5) is 19.7. The summed E-state index contributed by atoms with van der Waals surface area (Å²) in [6.45, 7) is 0.527. The molecule has 0 saturated heterocycles. The van der Waals surface area contributed by atoms with Crippen LogP contribution in [0.15, 0.2) is 48.8 Å². The zero-order valence-corrected chi connectivity index (χ0v) is 12.7. The Kier molecular flexibility index (Phi) is 4.36. The molecular formula is C16H13ClN4O2. The fourth-order valence-corrected chi connectivity index (χ4v) is 2.37. The highest BCUT2D eigenvalue weighted by atomic mass is 35.5. The molecule has 1 heterocycles. The summed E-state index contributed by atoms with van der Waals surface area (Å²) in [5, 5.41) is 13.3. The highest BCUT2D eigenvalue weighted by Crippen LogP contribution is 2.23.